The average Bonchev–Trinajstić information content (AvgIpc) is 2.95. The minimum absolute atomic E-state index is 0.0526. The van der Waals surface area contributed by atoms with Crippen LogP contribution in [0.15, 0.2) is 18.2 Å². The zero-order chi connectivity index (χ0) is 19.9. The average molecular weight is 393 g/mol. The molecule has 7 nitrogen and oxygen atoms in total. The number of carbonyl (C=O) groups excluding carboxylic acids is 1. The number of nitrogens with zero attached hydrogens (tertiary/aromatic N) is 3. The molecule has 0 saturated carbocycles. The summed E-state index contributed by atoms with van der Waals surface area (Å²) >= 11 is 0. The van der Waals surface area contributed by atoms with Crippen LogP contribution in [0, 0.1) is 11.3 Å². The van der Waals surface area contributed by atoms with Crippen LogP contribution < -0.4 is 15.4 Å². The number of rotatable bonds is 5. The predicted molar refractivity (Wildman–Crippen MR) is 102 cm³/mol. The lowest BCUT2D eigenvalue weighted by molar-refractivity contribution is -0.0497. The van der Waals surface area contributed by atoms with E-state index in [0.29, 0.717) is 29.2 Å². The van der Waals surface area contributed by atoms with E-state index < -0.39 is 6.61 Å². The predicted octanol–water partition coefficient (Wildman–Crippen LogP) is 3.03. The number of halogens is 2. The number of amides is 2. The van der Waals surface area contributed by atoms with Gasteiger partial charge in [-0.3, -0.25) is 10.00 Å². The molecule has 3 saturated heterocycles. The highest BCUT2D eigenvalue weighted by atomic mass is 19.3. The summed E-state index contributed by atoms with van der Waals surface area (Å²) < 4.78 is 30.8. The molecule has 4 heterocycles. The normalized spacial score (nSPS) is 26.6. The van der Waals surface area contributed by atoms with E-state index >= 15 is 0 Å². The van der Waals surface area contributed by atoms with Gasteiger partial charge in [0, 0.05) is 37.0 Å². The van der Waals surface area contributed by atoms with Crippen LogP contribution in [0.3, 0.4) is 0 Å². The van der Waals surface area contributed by atoms with E-state index in [1.165, 1.54) is 29.7 Å². The first-order valence-electron chi connectivity index (χ1n) is 9.53. The summed E-state index contributed by atoms with van der Waals surface area (Å²) in [5, 5.41) is 10.7. The fourth-order valence-corrected chi connectivity index (χ4v) is 4.57. The van der Waals surface area contributed by atoms with Gasteiger partial charge >= 0.3 is 12.6 Å². The lowest BCUT2D eigenvalue weighted by Gasteiger charge is -2.51. The summed E-state index contributed by atoms with van der Waals surface area (Å²) in [6.45, 7) is 3.29. The molecule has 3 aliphatic rings. The maximum atomic E-state index is 12.5. The zero-order valence-corrected chi connectivity index (χ0v) is 16.0. The Balaban J connectivity index is 1.42. The molecule has 0 aliphatic carbocycles. The molecule has 2 aromatic rings. The van der Waals surface area contributed by atoms with Gasteiger partial charge in [-0.25, -0.2) is 4.79 Å². The third kappa shape index (κ3) is 3.63. The Morgan fingerprint density at radius 1 is 1.39 bits per heavy atom. The van der Waals surface area contributed by atoms with Crippen molar-refractivity contribution in [3.05, 3.63) is 18.2 Å². The molecule has 0 radical (unpaired) electrons. The topological polar surface area (TPSA) is 71.4 Å². The van der Waals surface area contributed by atoms with Gasteiger partial charge in [0.05, 0.1) is 5.52 Å². The molecule has 3 fully saturated rings. The van der Waals surface area contributed by atoms with Gasteiger partial charge in [-0.05, 0) is 44.0 Å². The summed E-state index contributed by atoms with van der Waals surface area (Å²) in [6.07, 6.45) is 2.38. The van der Waals surface area contributed by atoms with Crippen molar-refractivity contribution in [2.24, 2.45) is 18.4 Å². The van der Waals surface area contributed by atoms with Gasteiger partial charge in [-0.2, -0.15) is 13.9 Å². The highest BCUT2D eigenvalue weighted by Gasteiger charge is 2.43. The summed E-state index contributed by atoms with van der Waals surface area (Å²) in [4.78, 5) is 14.9. The van der Waals surface area contributed by atoms with Gasteiger partial charge in [0.1, 0.15) is 5.75 Å². The maximum Gasteiger partial charge on any atom is 0.387 e. The van der Waals surface area contributed by atoms with Gasteiger partial charge in [0.25, 0.3) is 0 Å². The van der Waals surface area contributed by atoms with Crippen molar-refractivity contribution in [3.63, 3.8) is 0 Å². The minimum Gasteiger partial charge on any atom is -0.435 e. The third-order valence-corrected chi connectivity index (χ3v) is 6.09. The van der Waals surface area contributed by atoms with E-state index in [9.17, 15) is 13.6 Å². The number of ether oxygens (including phenoxy) is 1. The molecule has 5 rings (SSSR count). The molecular formula is C19H25F2N5O2. The fourth-order valence-electron chi connectivity index (χ4n) is 4.57. The zero-order valence-electron chi connectivity index (χ0n) is 16.0. The monoisotopic (exact) mass is 393 g/mol. The number of urea groups is 1. The first-order chi connectivity index (χ1) is 13.3. The molecule has 0 spiro atoms. The number of hydrogen-bond acceptors (Lipinski definition) is 4. The summed E-state index contributed by atoms with van der Waals surface area (Å²) in [7, 11) is 1.69. The Bertz CT molecular complexity index is 879. The van der Waals surface area contributed by atoms with Crippen molar-refractivity contribution in [2.45, 2.75) is 26.4 Å². The van der Waals surface area contributed by atoms with Gasteiger partial charge in [0.2, 0.25) is 0 Å². The van der Waals surface area contributed by atoms with Crippen molar-refractivity contribution in [1.82, 2.24) is 20.0 Å². The molecule has 2 N–H and O–H groups in total. The van der Waals surface area contributed by atoms with E-state index in [-0.39, 0.29) is 17.2 Å². The quantitative estimate of drug-likeness (QED) is 0.819. The number of aromatic nitrogens is 2. The van der Waals surface area contributed by atoms with E-state index in [1.807, 2.05) is 0 Å². The first kappa shape index (κ1) is 18.9. The Morgan fingerprint density at radius 2 is 2.14 bits per heavy atom. The number of alkyl halides is 2. The van der Waals surface area contributed by atoms with Crippen molar-refractivity contribution in [1.29, 1.82) is 0 Å². The van der Waals surface area contributed by atoms with Crippen LogP contribution in [0.1, 0.15) is 19.8 Å². The number of carbonyl (C=O) groups is 1. The van der Waals surface area contributed by atoms with Gasteiger partial charge in [0.15, 0.2) is 5.82 Å². The number of hydrogen-bond donors (Lipinski definition) is 2. The largest absolute Gasteiger partial charge is 0.435 e. The molecule has 28 heavy (non-hydrogen) atoms. The second kappa shape index (κ2) is 7.20. The fraction of sp³-hybridized carbons (Fsp3) is 0.579. The van der Waals surface area contributed by atoms with Crippen molar-refractivity contribution >= 4 is 22.8 Å². The Kier molecular flexibility index (Phi) is 4.86. The third-order valence-electron chi connectivity index (χ3n) is 6.09. The van der Waals surface area contributed by atoms with E-state index in [1.54, 1.807) is 13.1 Å². The standard InChI is InChI=1S/C19H25F2N5O2/c1-19(11-26-7-5-12(19)6-8-26)10-22-18(27)23-16-14-4-3-13(28-17(20)21)9-15(14)25(2)24-16/h3-4,9,12,17H,5-8,10-11H2,1-2H3,(H2,22,23,24,27)/t19-/m1/s1. The Labute approximate surface area is 162 Å². The number of nitrogens with one attached hydrogen (secondary N) is 2. The molecule has 3 aliphatic heterocycles. The second-order valence-corrected chi connectivity index (χ2v) is 8.04. The maximum absolute atomic E-state index is 12.5. The molecular weight excluding hydrogens is 368 g/mol. The van der Waals surface area contributed by atoms with Crippen LogP contribution in [-0.4, -0.2) is 53.5 Å². The van der Waals surface area contributed by atoms with Crippen LogP contribution >= 0.6 is 0 Å². The molecule has 2 bridgehead atoms. The smallest absolute Gasteiger partial charge is 0.387 e. The lowest BCUT2D eigenvalue weighted by Crippen LogP contribution is -2.57. The Morgan fingerprint density at radius 3 is 2.79 bits per heavy atom. The molecule has 0 unspecified atom stereocenters. The number of aryl methyl sites for hydroxylation is 1. The SMILES string of the molecule is Cn1nc(NC(=O)NC[C@]2(C)CN3CCC2CC3)c2ccc(OC(F)F)cc21. The van der Waals surface area contributed by atoms with Crippen molar-refractivity contribution < 1.29 is 18.3 Å². The van der Waals surface area contributed by atoms with Gasteiger partial charge in [-0.1, -0.05) is 6.92 Å². The minimum atomic E-state index is -2.89. The number of benzene rings is 1. The lowest BCUT2D eigenvalue weighted by atomic mass is 9.68. The van der Waals surface area contributed by atoms with E-state index in [0.717, 1.165) is 19.6 Å². The van der Waals surface area contributed by atoms with Gasteiger partial charge < -0.3 is 15.0 Å². The van der Waals surface area contributed by atoms with Crippen molar-refractivity contribution in [2.75, 3.05) is 31.5 Å². The molecule has 1 aromatic heterocycles. The van der Waals surface area contributed by atoms with E-state index in [2.05, 4.69) is 32.3 Å². The molecule has 1 atom stereocenters. The van der Waals surface area contributed by atoms with E-state index in [4.69, 9.17) is 0 Å². The van der Waals surface area contributed by atoms with Crippen LogP contribution in [0.2, 0.25) is 0 Å². The summed E-state index contributed by atoms with van der Waals surface area (Å²) in [6, 6.07) is 4.22. The van der Waals surface area contributed by atoms with Crippen LogP contribution in [0.5, 0.6) is 5.75 Å². The van der Waals surface area contributed by atoms with Crippen molar-refractivity contribution in [3.8, 4) is 5.75 Å². The number of anilines is 1. The second-order valence-electron chi connectivity index (χ2n) is 8.04. The van der Waals surface area contributed by atoms with Crippen LogP contribution in [-0.2, 0) is 7.05 Å². The molecule has 2 amide bonds. The molecule has 152 valence electrons. The van der Waals surface area contributed by atoms with Gasteiger partial charge in [-0.15, -0.1) is 0 Å². The van der Waals surface area contributed by atoms with Crippen LogP contribution in [0.25, 0.3) is 10.9 Å². The molecule has 9 heteroatoms. The number of fused-ring (bicyclic) bond motifs is 4. The molecule has 1 aromatic carbocycles. The Hall–Kier alpha value is -2.42. The summed E-state index contributed by atoms with van der Waals surface area (Å²) in [5.41, 5.74) is 0.680. The first-order valence-corrected chi connectivity index (χ1v) is 9.53. The van der Waals surface area contributed by atoms with Crippen LogP contribution in [0.4, 0.5) is 19.4 Å². The highest BCUT2D eigenvalue weighted by molar-refractivity contribution is 5.99. The number of piperidine rings is 3. The highest BCUT2D eigenvalue weighted by Crippen LogP contribution is 2.41. The summed E-state index contributed by atoms with van der Waals surface area (Å²) in [5.74, 6) is 1.08.